The number of ether oxygens (including phenoxy) is 2. The van der Waals surface area contributed by atoms with Gasteiger partial charge in [0.2, 0.25) is 0 Å². The highest BCUT2D eigenvalue weighted by Crippen LogP contribution is 2.30. The van der Waals surface area contributed by atoms with Crippen molar-refractivity contribution >= 4 is 22.0 Å². The van der Waals surface area contributed by atoms with Gasteiger partial charge in [-0.05, 0) is 29.8 Å². The second-order valence-electron chi connectivity index (χ2n) is 4.57. The highest BCUT2D eigenvalue weighted by atomic mass is 79.9. The summed E-state index contributed by atoms with van der Waals surface area (Å²) in [6, 6.07) is 16.7. The molecule has 2 rings (SSSR count). The van der Waals surface area contributed by atoms with Crippen molar-refractivity contribution in [2.24, 2.45) is 0 Å². The second-order valence-corrected chi connectivity index (χ2v) is 5.43. The molecule has 0 bridgehead atoms. The van der Waals surface area contributed by atoms with Crippen molar-refractivity contribution in [3.63, 3.8) is 0 Å². The van der Waals surface area contributed by atoms with Crippen LogP contribution in [0, 0.1) is 22.7 Å². The summed E-state index contributed by atoms with van der Waals surface area (Å²) in [5, 5.41) is 17.6. The number of methoxy groups -OCH3 is 1. The molecule has 0 atom stereocenters. The van der Waals surface area contributed by atoms with Crippen LogP contribution in [0.3, 0.4) is 0 Å². The minimum absolute atomic E-state index is 0.0361. The number of benzene rings is 2. The molecule has 0 unspecified atom stereocenters. The van der Waals surface area contributed by atoms with E-state index in [1.165, 1.54) is 6.08 Å². The van der Waals surface area contributed by atoms with Gasteiger partial charge in [-0.1, -0.05) is 40.2 Å². The van der Waals surface area contributed by atoms with Gasteiger partial charge in [-0.2, -0.15) is 10.5 Å². The first-order valence-corrected chi connectivity index (χ1v) is 7.53. The maximum Gasteiger partial charge on any atom is 0.161 e. The maximum absolute atomic E-state index is 8.80. The fourth-order valence-corrected chi connectivity index (χ4v) is 2.32. The van der Waals surface area contributed by atoms with Crippen molar-refractivity contribution in [1.82, 2.24) is 0 Å². The van der Waals surface area contributed by atoms with Gasteiger partial charge in [0.25, 0.3) is 0 Å². The summed E-state index contributed by atoms with van der Waals surface area (Å²) in [6.07, 6.45) is 1.50. The van der Waals surface area contributed by atoms with Crippen molar-refractivity contribution in [2.45, 2.75) is 6.61 Å². The van der Waals surface area contributed by atoms with E-state index in [0.717, 1.165) is 10.0 Å². The summed E-state index contributed by atoms with van der Waals surface area (Å²) >= 11 is 3.48. The third kappa shape index (κ3) is 4.35. The van der Waals surface area contributed by atoms with E-state index in [9.17, 15) is 0 Å². The molecule has 0 N–H and O–H groups in total. The van der Waals surface area contributed by atoms with E-state index in [1.54, 1.807) is 25.3 Å². The molecule has 0 aromatic heterocycles. The first kappa shape index (κ1) is 16.6. The van der Waals surface area contributed by atoms with Crippen LogP contribution < -0.4 is 9.47 Å². The zero-order valence-electron chi connectivity index (χ0n) is 12.4. The Morgan fingerprint density at radius 2 is 1.87 bits per heavy atom. The van der Waals surface area contributed by atoms with Crippen LogP contribution in [-0.2, 0) is 6.61 Å². The van der Waals surface area contributed by atoms with E-state index in [2.05, 4.69) is 15.9 Å². The van der Waals surface area contributed by atoms with E-state index in [1.807, 2.05) is 36.4 Å². The average Bonchev–Trinajstić information content (AvgIpc) is 2.59. The molecule has 2 aromatic rings. The van der Waals surface area contributed by atoms with Crippen molar-refractivity contribution in [1.29, 1.82) is 10.5 Å². The second kappa shape index (κ2) is 8.03. The molecule has 5 heteroatoms. The number of hydrogen-bond acceptors (Lipinski definition) is 4. The highest BCUT2D eigenvalue weighted by molar-refractivity contribution is 9.10. The van der Waals surface area contributed by atoms with Crippen molar-refractivity contribution in [3.05, 3.63) is 63.6 Å². The summed E-state index contributed by atoms with van der Waals surface area (Å²) in [7, 11) is 1.55. The van der Waals surface area contributed by atoms with Gasteiger partial charge in [0.15, 0.2) is 11.5 Å². The van der Waals surface area contributed by atoms with Gasteiger partial charge >= 0.3 is 0 Å². The van der Waals surface area contributed by atoms with Gasteiger partial charge in [-0.15, -0.1) is 0 Å². The Morgan fingerprint density at radius 1 is 1.13 bits per heavy atom. The standard InChI is InChI=1S/C18H13BrN2O2/c1-22-18-9-13(8-14(10-20)11-21)6-7-17(18)23-12-15-4-2-3-5-16(15)19/h2-9H,12H2,1H3. The van der Waals surface area contributed by atoms with E-state index in [0.29, 0.717) is 23.7 Å². The molecule has 0 radical (unpaired) electrons. The molecule has 0 fully saturated rings. The number of halogens is 1. The van der Waals surface area contributed by atoms with Crippen LogP contribution in [0.1, 0.15) is 11.1 Å². The molecular formula is C18H13BrN2O2. The van der Waals surface area contributed by atoms with Crippen LogP contribution in [-0.4, -0.2) is 7.11 Å². The van der Waals surface area contributed by atoms with E-state index in [-0.39, 0.29) is 5.57 Å². The Bertz CT molecular complexity index is 801. The molecule has 0 aliphatic rings. The van der Waals surface area contributed by atoms with E-state index < -0.39 is 0 Å². The molecule has 23 heavy (non-hydrogen) atoms. The molecule has 0 saturated carbocycles. The first-order chi connectivity index (χ1) is 11.2. The van der Waals surface area contributed by atoms with Gasteiger partial charge < -0.3 is 9.47 Å². The smallest absolute Gasteiger partial charge is 0.161 e. The lowest BCUT2D eigenvalue weighted by molar-refractivity contribution is 0.284. The highest BCUT2D eigenvalue weighted by Gasteiger charge is 2.07. The Hall–Kier alpha value is -2.76. The fourth-order valence-electron chi connectivity index (χ4n) is 1.92. The lowest BCUT2D eigenvalue weighted by Crippen LogP contribution is -1.98. The van der Waals surface area contributed by atoms with Crippen LogP contribution in [0.2, 0.25) is 0 Å². The number of nitriles is 2. The Balaban J connectivity index is 2.21. The monoisotopic (exact) mass is 368 g/mol. The predicted molar refractivity (Wildman–Crippen MR) is 90.7 cm³/mol. The van der Waals surface area contributed by atoms with Crippen LogP contribution >= 0.6 is 15.9 Å². The van der Waals surface area contributed by atoms with Gasteiger partial charge in [0.05, 0.1) is 7.11 Å². The quantitative estimate of drug-likeness (QED) is 0.730. The van der Waals surface area contributed by atoms with Gasteiger partial charge in [0, 0.05) is 10.0 Å². The molecule has 0 saturated heterocycles. The summed E-state index contributed by atoms with van der Waals surface area (Å²) in [5.74, 6) is 1.14. The Kier molecular flexibility index (Phi) is 5.80. The van der Waals surface area contributed by atoms with Crippen molar-refractivity contribution in [2.75, 3.05) is 7.11 Å². The van der Waals surface area contributed by atoms with Crippen LogP contribution in [0.4, 0.5) is 0 Å². The SMILES string of the molecule is COc1cc(C=C(C#N)C#N)ccc1OCc1ccccc1Br. The summed E-state index contributed by atoms with van der Waals surface area (Å²) < 4.78 is 12.1. The third-order valence-corrected chi connectivity index (χ3v) is 3.85. The minimum atomic E-state index is 0.0361. The number of nitrogens with zero attached hydrogens (tertiary/aromatic N) is 2. The lowest BCUT2D eigenvalue weighted by atomic mass is 10.1. The molecular weight excluding hydrogens is 356 g/mol. The van der Waals surface area contributed by atoms with Gasteiger partial charge in [0.1, 0.15) is 24.3 Å². The first-order valence-electron chi connectivity index (χ1n) is 6.74. The summed E-state index contributed by atoms with van der Waals surface area (Å²) in [6.45, 7) is 0.397. The summed E-state index contributed by atoms with van der Waals surface area (Å²) in [5.41, 5.74) is 1.76. The summed E-state index contributed by atoms with van der Waals surface area (Å²) in [4.78, 5) is 0. The molecule has 4 nitrogen and oxygen atoms in total. The lowest BCUT2D eigenvalue weighted by Gasteiger charge is -2.12. The van der Waals surface area contributed by atoms with Crippen molar-refractivity contribution < 1.29 is 9.47 Å². The normalized spacial score (nSPS) is 9.39. The molecule has 0 spiro atoms. The van der Waals surface area contributed by atoms with Crippen LogP contribution in [0.15, 0.2) is 52.5 Å². The zero-order chi connectivity index (χ0) is 16.7. The average molecular weight is 369 g/mol. The minimum Gasteiger partial charge on any atom is -0.493 e. The number of hydrogen-bond donors (Lipinski definition) is 0. The molecule has 114 valence electrons. The maximum atomic E-state index is 8.80. The molecule has 0 heterocycles. The van der Waals surface area contributed by atoms with Crippen molar-refractivity contribution in [3.8, 4) is 23.6 Å². The van der Waals surface area contributed by atoms with Crippen LogP contribution in [0.25, 0.3) is 6.08 Å². The molecule has 0 amide bonds. The van der Waals surface area contributed by atoms with Gasteiger partial charge in [-0.3, -0.25) is 0 Å². The van der Waals surface area contributed by atoms with E-state index >= 15 is 0 Å². The van der Waals surface area contributed by atoms with E-state index in [4.69, 9.17) is 20.0 Å². The molecule has 0 aliphatic carbocycles. The Morgan fingerprint density at radius 3 is 2.52 bits per heavy atom. The molecule has 0 aliphatic heterocycles. The molecule has 2 aromatic carbocycles. The Labute approximate surface area is 143 Å². The van der Waals surface area contributed by atoms with Gasteiger partial charge in [-0.25, -0.2) is 0 Å². The third-order valence-electron chi connectivity index (χ3n) is 3.08. The fraction of sp³-hybridized carbons (Fsp3) is 0.111. The number of rotatable bonds is 5. The number of allylic oxidation sites excluding steroid dienone is 1. The largest absolute Gasteiger partial charge is 0.493 e. The predicted octanol–water partition coefficient (Wildman–Crippen LogP) is 4.47. The topological polar surface area (TPSA) is 66.0 Å². The zero-order valence-corrected chi connectivity index (χ0v) is 14.0. The van der Waals surface area contributed by atoms with Crippen LogP contribution in [0.5, 0.6) is 11.5 Å².